The van der Waals surface area contributed by atoms with Gasteiger partial charge in [-0.1, -0.05) is 26.0 Å². The number of aromatic hydroxyl groups is 1. The number of hydrogen-bond acceptors (Lipinski definition) is 9. The summed E-state index contributed by atoms with van der Waals surface area (Å²) in [4.78, 5) is 20.5. The molecule has 0 radical (unpaired) electrons. The Balaban J connectivity index is 1.02. The normalized spacial score (nSPS) is 19.1. The van der Waals surface area contributed by atoms with Crippen molar-refractivity contribution in [2.75, 3.05) is 39.3 Å². The van der Waals surface area contributed by atoms with Crippen molar-refractivity contribution in [3.63, 3.8) is 0 Å². The van der Waals surface area contributed by atoms with Crippen LogP contribution in [0.5, 0.6) is 11.6 Å². The number of nitrogens with zero attached hydrogens (tertiary/aromatic N) is 5. The zero-order chi connectivity index (χ0) is 29.2. The average Bonchev–Trinajstić information content (AvgIpc) is 3.74. The van der Waals surface area contributed by atoms with E-state index in [1.165, 1.54) is 5.56 Å². The Kier molecular flexibility index (Phi) is 8.12. The SMILES string of the molecule is CC(C)[C@@H](C(=O)N1CC[C@@H](O)C1)c1cc(OCCN2CCC(c3c[nH]c4nnc(-c5ccccc5O)cc34)CC2)no1. The molecule has 2 atom stereocenters. The lowest BCUT2D eigenvalue weighted by Crippen LogP contribution is -2.36. The van der Waals surface area contributed by atoms with Crippen LogP contribution in [0.25, 0.3) is 22.3 Å². The monoisotopic (exact) mass is 574 g/mol. The third-order valence-corrected chi connectivity index (χ3v) is 8.56. The Hall–Kier alpha value is -3.96. The van der Waals surface area contributed by atoms with Crippen LogP contribution in [0.2, 0.25) is 0 Å². The van der Waals surface area contributed by atoms with Crippen LogP contribution in [-0.4, -0.2) is 91.7 Å². The zero-order valence-electron chi connectivity index (χ0n) is 24.1. The second kappa shape index (κ2) is 12.1. The van der Waals surface area contributed by atoms with Gasteiger partial charge in [-0.3, -0.25) is 9.69 Å². The smallest absolute Gasteiger partial charge is 0.254 e. The molecule has 11 nitrogen and oxygen atoms in total. The van der Waals surface area contributed by atoms with Crippen LogP contribution in [0.4, 0.5) is 0 Å². The summed E-state index contributed by atoms with van der Waals surface area (Å²) >= 11 is 0. The minimum Gasteiger partial charge on any atom is -0.507 e. The summed E-state index contributed by atoms with van der Waals surface area (Å²) in [5.74, 6) is 1.02. The summed E-state index contributed by atoms with van der Waals surface area (Å²) in [6.45, 7) is 8.03. The van der Waals surface area contributed by atoms with E-state index in [2.05, 4.69) is 25.2 Å². The molecule has 4 aromatic rings. The maximum absolute atomic E-state index is 13.1. The van der Waals surface area contributed by atoms with Crippen LogP contribution in [0.3, 0.4) is 0 Å². The molecule has 3 aromatic heterocycles. The molecule has 0 unspecified atom stereocenters. The van der Waals surface area contributed by atoms with Gasteiger partial charge in [0.15, 0.2) is 11.4 Å². The number of aromatic amines is 1. The third-order valence-electron chi connectivity index (χ3n) is 8.56. The highest BCUT2D eigenvalue weighted by Gasteiger charge is 2.35. The van der Waals surface area contributed by atoms with E-state index < -0.39 is 12.0 Å². The lowest BCUT2D eigenvalue weighted by Gasteiger charge is -2.31. The number of aromatic nitrogens is 4. The molecule has 3 N–H and O–H groups in total. The molecule has 0 aliphatic carbocycles. The minimum atomic E-state index is -0.458. The lowest BCUT2D eigenvalue weighted by atomic mass is 9.89. The van der Waals surface area contributed by atoms with E-state index in [-0.39, 0.29) is 17.6 Å². The molecule has 42 heavy (non-hydrogen) atoms. The Labute approximate surface area is 244 Å². The molecule has 0 saturated carbocycles. The number of rotatable bonds is 9. The molecule has 0 spiro atoms. The van der Waals surface area contributed by atoms with Crippen molar-refractivity contribution in [1.82, 2.24) is 30.1 Å². The van der Waals surface area contributed by atoms with E-state index in [4.69, 9.17) is 9.26 Å². The molecular weight excluding hydrogens is 536 g/mol. The largest absolute Gasteiger partial charge is 0.507 e. The van der Waals surface area contributed by atoms with Crippen molar-refractivity contribution in [3.8, 4) is 22.9 Å². The standard InChI is InChI=1S/C31H38N6O5/c1-19(2)29(31(40)37-12-9-21(38)18-37)27-16-28(35-42-27)41-14-13-36-10-7-20(8-11-36)24-17-32-30-23(24)15-25(33-34-30)22-5-3-4-6-26(22)39/h3-6,15-17,19-21,29,38-39H,7-14,18H2,1-2H3,(H,32,34)/t21-,29-/m1/s1. The van der Waals surface area contributed by atoms with Crippen LogP contribution in [0.15, 0.2) is 47.1 Å². The summed E-state index contributed by atoms with van der Waals surface area (Å²) in [5, 5.41) is 33.9. The van der Waals surface area contributed by atoms with Gasteiger partial charge < -0.3 is 29.4 Å². The van der Waals surface area contributed by atoms with Crippen molar-refractivity contribution in [2.24, 2.45) is 5.92 Å². The lowest BCUT2D eigenvalue weighted by molar-refractivity contribution is -0.133. The molecular formula is C31H38N6O5. The van der Waals surface area contributed by atoms with E-state index in [0.29, 0.717) is 54.9 Å². The molecule has 5 heterocycles. The number of aliphatic hydroxyl groups excluding tert-OH is 1. The van der Waals surface area contributed by atoms with Crippen LogP contribution in [-0.2, 0) is 4.79 Å². The fourth-order valence-electron chi connectivity index (χ4n) is 6.21. The molecule has 6 rings (SSSR count). The van der Waals surface area contributed by atoms with Gasteiger partial charge in [0.05, 0.1) is 11.8 Å². The first-order chi connectivity index (χ1) is 20.4. The summed E-state index contributed by atoms with van der Waals surface area (Å²) in [7, 11) is 0. The number of aliphatic hydroxyl groups is 1. The van der Waals surface area contributed by atoms with Gasteiger partial charge in [-0.25, -0.2) is 0 Å². The average molecular weight is 575 g/mol. The maximum atomic E-state index is 13.1. The Morgan fingerprint density at radius 2 is 1.95 bits per heavy atom. The Morgan fingerprint density at radius 1 is 1.14 bits per heavy atom. The number of carbonyl (C=O) groups is 1. The highest BCUT2D eigenvalue weighted by atomic mass is 16.5. The van der Waals surface area contributed by atoms with Crippen LogP contribution >= 0.6 is 0 Å². The van der Waals surface area contributed by atoms with Crippen molar-refractivity contribution < 1.29 is 24.3 Å². The van der Waals surface area contributed by atoms with E-state index in [1.54, 1.807) is 23.1 Å². The van der Waals surface area contributed by atoms with Crippen molar-refractivity contribution >= 4 is 16.9 Å². The predicted octanol–water partition coefficient (Wildman–Crippen LogP) is 3.91. The van der Waals surface area contributed by atoms with Gasteiger partial charge in [0.2, 0.25) is 5.91 Å². The highest BCUT2D eigenvalue weighted by Crippen LogP contribution is 2.35. The third kappa shape index (κ3) is 5.84. The minimum absolute atomic E-state index is 0.0265. The van der Waals surface area contributed by atoms with Gasteiger partial charge in [-0.15, -0.1) is 10.2 Å². The van der Waals surface area contributed by atoms with Gasteiger partial charge in [0, 0.05) is 42.8 Å². The number of phenolic OH excluding ortho intramolecular Hbond substituents is 1. The number of likely N-dealkylation sites (tertiary alicyclic amines) is 2. The van der Waals surface area contributed by atoms with Crippen LogP contribution in [0, 0.1) is 5.92 Å². The number of β-amino-alcohol motifs (C(OH)–C–C–N with tert-alkyl or cyclic N) is 1. The molecule has 2 aliphatic rings. The quantitative estimate of drug-likeness (QED) is 0.271. The molecule has 2 fully saturated rings. The second-order valence-electron chi connectivity index (χ2n) is 11.7. The van der Waals surface area contributed by atoms with E-state index >= 15 is 0 Å². The number of amides is 1. The fourth-order valence-corrected chi connectivity index (χ4v) is 6.21. The van der Waals surface area contributed by atoms with Gasteiger partial charge in [-0.05, 0) is 73.1 Å². The first-order valence-corrected chi connectivity index (χ1v) is 14.8. The molecule has 0 bridgehead atoms. The number of para-hydroxylation sites is 1. The topological polar surface area (TPSA) is 141 Å². The van der Waals surface area contributed by atoms with Gasteiger partial charge in [-0.2, -0.15) is 0 Å². The number of benzene rings is 1. The zero-order valence-corrected chi connectivity index (χ0v) is 24.1. The fraction of sp³-hybridized carbons (Fsp3) is 0.484. The summed E-state index contributed by atoms with van der Waals surface area (Å²) in [6, 6.07) is 10.9. The van der Waals surface area contributed by atoms with Gasteiger partial charge in [0.1, 0.15) is 18.3 Å². The first-order valence-electron chi connectivity index (χ1n) is 14.8. The number of phenols is 1. The Bertz CT molecular complexity index is 1530. The summed E-state index contributed by atoms with van der Waals surface area (Å²) < 4.78 is 11.5. The van der Waals surface area contributed by atoms with Crippen LogP contribution in [0.1, 0.15) is 56.3 Å². The van der Waals surface area contributed by atoms with Crippen molar-refractivity contribution in [2.45, 2.75) is 51.0 Å². The van der Waals surface area contributed by atoms with E-state index in [9.17, 15) is 15.0 Å². The molecule has 222 valence electrons. The summed E-state index contributed by atoms with van der Waals surface area (Å²) in [5.41, 5.74) is 3.32. The molecule has 1 amide bonds. The number of nitrogens with one attached hydrogen (secondary N) is 1. The number of H-pyrrole nitrogens is 1. The molecule has 11 heteroatoms. The van der Waals surface area contributed by atoms with Crippen LogP contribution < -0.4 is 4.74 Å². The van der Waals surface area contributed by atoms with Crippen molar-refractivity contribution in [1.29, 1.82) is 0 Å². The summed E-state index contributed by atoms with van der Waals surface area (Å²) in [6.07, 6.45) is 4.22. The first kappa shape index (κ1) is 28.2. The number of hydrogen-bond donors (Lipinski definition) is 3. The van der Waals surface area contributed by atoms with E-state index in [0.717, 1.165) is 43.5 Å². The molecule has 2 aliphatic heterocycles. The van der Waals surface area contributed by atoms with E-state index in [1.807, 2.05) is 38.2 Å². The highest BCUT2D eigenvalue weighted by molar-refractivity contribution is 5.85. The number of fused-ring (bicyclic) bond motifs is 1. The van der Waals surface area contributed by atoms with Crippen molar-refractivity contribution in [3.05, 3.63) is 53.9 Å². The van der Waals surface area contributed by atoms with Gasteiger partial charge >= 0.3 is 0 Å². The number of carbonyl (C=O) groups excluding carboxylic acids is 1. The maximum Gasteiger partial charge on any atom is 0.254 e. The predicted molar refractivity (Wildman–Crippen MR) is 156 cm³/mol. The molecule has 2 saturated heterocycles. The molecule has 1 aromatic carbocycles. The number of piperidine rings is 1. The second-order valence-corrected chi connectivity index (χ2v) is 11.7. The van der Waals surface area contributed by atoms with Gasteiger partial charge in [0.25, 0.3) is 5.88 Å². The Morgan fingerprint density at radius 3 is 2.69 bits per heavy atom. The number of ether oxygens (including phenoxy) is 1.